The molecule has 4 aliphatic rings. The summed E-state index contributed by atoms with van der Waals surface area (Å²) in [4.78, 5) is 26.3. The second kappa shape index (κ2) is 10.3. The fraction of sp³-hybridized carbons (Fsp3) is 0.706. The summed E-state index contributed by atoms with van der Waals surface area (Å²) in [7, 11) is 0. The van der Waals surface area contributed by atoms with Crippen molar-refractivity contribution in [3.8, 4) is 0 Å². The van der Waals surface area contributed by atoms with Crippen molar-refractivity contribution in [3.05, 3.63) is 47.0 Å². The van der Waals surface area contributed by atoms with Gasteiger partial charge >= 0.3 is 5.97 Å². The van der Waals surface area contributed by atoms with E-state index in [0.717, 1.165) is 50.9 Å². The molecular weight excluding hydrogens is 456 g/mol. The summed E-state index contributed by atoms with van der Waals surface area (Å²) >= 11 is 0. The highest BCUT2D eigenvalue weighted by molar-refractivity contribution is 6.00. The Morgan fingerprint density at radius 2 is 1.78 bits per heavy atom. The van der Waals surface area contributed by atoms with Crippen molar-refractivity contribution >= 4 is 11.8 Å². The maximum Gasteiger partial charge on any atom is 0.338 e. The second-order valence-corrected chi connectivity index (χ2v) is 13.9. The van der Waals surface area contributed by atoms with Crippen LogP contribution in [0.15, 0.2) is 41.5 Å². The average Bonchev–Trinajstić information content (AvgIpc) is 3.15. The number of esters is 1. The van der Waals surface area contributed by atoms with Crippen LogP contribution in [-0.2, 0) is 9.53 Å². The van der Waals surface area contributed by atoms with Gasteiger partial charge in [-0.05, 0) is 97.5 Å². The lowest BCUT2D eigenvalue weighted by molar-refractivity contribution is -0.115. The lowest BCUT2D eigenvalue weighted by Crippen LogP contribution is -2.49. The van der Waals surface area contributed by atoms with E-state index in [1.54, 1.807) is 0 Å². The van der Waals surface area contributed by atoms with Gasteiger partial charge in [0.15, 0.2) is 5.78 Å². The SMILES string of the molecule is CC(C)CCC[C@@H](C)[C@H]1CC(=O)C2=C3CC[C@H]4C[C@@H](OC(=O)c5ccccc5)CC[C@]4(C)[C@H]3CC[C@@]21C. The standard InChI is InChI=1S/C34H48O3/c1-22(2)10-9-11-23(3)29-21-30(35)31-27-15-14-25-20-26(37-32(36)24-12-7-6-8-13-24)16-18-33(25,4)28(27)17-19-34(29,31)5/h6-8,12-13,22-23,25-26,28-29H,9-11,14-21H2,1-5H3/t23-,25+,26+,28+,29-,33+,34-/m1/s1. The Kier molecular flexibility index (Phi) is 7.46. The maximum atomic E-state index is 13.6. The van der Waals surface area contributed by atoms with Gasteiger partial charge in [-0.25, -0.2) is 4.79 Å². The van der Waals surface area contributed by atoms with Gasteiger partial charge in [0.2, 0.25) is 0 Å². The molecule has 0 aromatic heterocycles. The molecule has 0 radical (unpaired) electrons. The predicted molar refractivity (Wildman–Crippen MR) is 149 cm³/mol. The Labute approximate surface area is 224 Å². The van der Waals surface area contributed by atoms with Gasteiger partial charge in [0.25, 0.3) is 0 Å². The summed E-state index contributed by atoms with van der Waals surface area (Å²) in [6, 6.07) is 9.39. The molecule has 0 spiro atoms. The normalized spacial score (nSPS) is 36.1. The molecule has 3 heteroatoms. The molecule has 4 aliphatic carbocycles. The van der Waals surface area contributed by atoms with Crippen LogP contribution in [0.5, 0.6) is 0 Å². The molecule has 0 saturated heterocycles. The van der Waals surface area contributed by atoms with Crippen molar-refractivity contribution in [1.29, 1.82) is 0 Å². The van der Waals surface area contributed by atoms with E-state index in [1.165, 1.54) is 36.8 Å². The number of hydrogen-bond donors (Lipinski definition) is 0. The lowest BCUT2D eigenvalue weighted by Gasteiger charge is -2.56. The Morgan fingerprint density at radius 1 is 1.03 bits per heavy atom. The smallest absolute Gasteiger partial charge is 0.338 e. The van der Waals surface area contributed by atoms with E-state index in [4.69, 9.17) is 4.74 Å². The van der Waals surface area contributed by atoms with Crippen molar-refractivity contribution in [2.45, 2.75) is 111 Å². The minimum Gasteiger partial charge on any atom is -0.459 e. The third-order valence-corrected chi connectivity index (χ3v) is 11.2. The summed E-state index contributed by atoms with van der Waals surface area (Å²) in [5, 5.41) is 0. The maximum absolute atomic E-state index is 13.6. The largest absolute Gasteiger partial charge is 0.459 e. The minimum atomic E-state index is -0.189. The molecule has 1 aromatic rings. The first-order valence-electron chi connectivity index (χ1n) is 15.2. The van der Waals surface area contributed by atoms with Crippen LogP contribution in [0, 0.1) is 40.4 Å². The van der Waals surface area contributed by atoms with Crippen LogP contribution in [-0.4, -0.2) is 17.9 Å². The molecule has 3 fully saturated rings. The number of carbonyl (C=O) groups excluding carboxylic acids is 2. The van der Waals surface area contributed by atoms with E-state index in [-0.39, 0.29) is 22.9 Å². The Hall–Kier alpha value is -1.90. The number of allylic oxidation sites excluding steroid dienone is 2. The van der Waals surface area contributed by atoms with E-state index in [2.05, 4.69) is 34.6 Å². The van der Waals surface area contributed by atoms with Crippen LogP contribution < -0.4 is 0 Å². The fourth-order valence-electron chi connectivity index (χ4n) is 9.10. The number of ether oxygens (including phenoxy) is 1. The van der Waals surface area contributed by atoms with E-state index < -0.39 is 0 Å². The first-order valence-corrected chi connectivity index (χ1v) is 15.2. The zero-order valence-electron chi connectivity index (χ0n) is 23.9. The third kappa shape index (κ3) is 4.85. The molecule has 0 aliphatic heterocycles. The molecule has 1 aromatic carbocycles. The molecule has 0 unspecified atom stereocenters. The molecule has 0 N–H and O–H groups in total. The van der Waals surface area contributed by atoms with Crippen molar-refractivity contribution in [1.82, 2.24) is 0 Å². The third-order valence-electron chi connectivity index (χ3n) is 11.2. The zero-order valence-corrected chi connectivity index (χ0v) is 23.9. The molecule has 3 saturated carbocycles. The molecule has 202 valence electrons. The molecule has 7 atom stereocenters. The topological polar surface area (TPSA) is 43.4 Å². The van der Waals surface area contributed by atoms with Crippen molar-refractivity contribution in [2.24, 2.45) is 40.4 Å². The quantitative estimate of drug-likeness (QED) is 0.349. The summed E-state index contributed by atoms with van der Waals surface area (Å²) in [6.45, 7) is 12.0. The van der Waals surface area contributed by atoms with E-state index in [9.17, 15) is 9.59 Å². The van der Waals surface area contributed by atoms with Gasteiger partial charge in [-0.2, -0.15) is 0 Å². The summed E-state index contributed by atoms with van der Waals surface area (Å²) in [5.41, 5.74) is 3.74. The van der Waals surface area contributed by atoms with E-state index >= 15 is 0 Å². The van der Waals surface area contributed by atoms with Crippen LogP contribution in [0.25, 0.3) is 0 Å². The van der Waals surface area contributed by atoms with Crippen molar-refractivity contribution in [3.63, 3.8) is 0 Å². The average molecular weight is 505 g/mol. The van der Waals surface area contributed by atoms with Gasteiger partial charge in [-0.3, -0.25) is 4.79 Å². The highest BCUT2D eigenvalue weighted by Crippen LogP contribution is 2.65. The van der Waals surface area contributed by atoms with Gasteiger partial charge in [0, 0.05) is 12.0 Å². The van der Waals surface area contributed by atoms with Crippen LogP contribution in [0.2, 0.25) is 0 Å². The molecule has 5 rings (SSSR count). The number of Topliss-reactive ketones (excluding diaryl/α,β-unsaturated/α-hetero) is 1. The Morgan fingerprint density at radius 3 is 2.51 bits per heavy atom. The lowest BCUT2D eigenvalue weighted by atomic mass is 9.48. The first kappa shape index (κ1) is 26.7. The molecule has 3 nitrogen and oxygen atoms in total. The van der Waals surface area contributed by atoms with Gasteiger partial charge in [-0.1, -0.05) is 77.7 Å². The summed E-state index contributed by atoms with van der Waals surface area (Å²) in [6.07, 6.45) is 12.2. The van der Waals surface area contributed by atoms with E-state index in [0.29, 0.717) is 35.0 Å². The number of hydrogen-bond acceptors (Lipinski definition) is 3. The van der Waals surface area contributed by atoms with E-state index in [1.807, 2.05) is 30.3 Å². The Bertz CT molecular complexity index is 1040. The molecular formula is C34H48O3. The number of rotatable bonds is 7. The predicted octanol–water partition coefficient (Wildman–Crippen LogP) is 8.58. The van der Waals surface area contributed by atoms with Crippen LogP contribution in [0.4, 0.5) is 0 Å². The van der Waals surface area contributed by atoms with Crippen LogP contribution in [0.3, 0.4) is 0 Å². The molecule has 0 heterocycles. The number of benzene rings is 1. The van der Waals surface area contributed by atoms with Crippen LogP contribution >= 0.6 is 0 Å². The number of carbonyl (C=O) groups is 2. The van der Waals surface area contributed by atoms with Crippen LogP contribution in [0.1, 0.15) is 116 Å². The monoisotopic (exact) mass is 504 g/mol. The number of ketones is 1. The highest BCUT2D eigenvalue weighted by Gasteiger charge is 2.58. The van der Waals surface area contributed by atoms with Gasteiger partial charge in [0.05, 0.1) is 5.56 Å². The second-order valence-electron chi connectivity index (χ2n) is 13.9. The van der Waals surface area contributed by atoms with Crippen molar-refractivity contribution < 1.29 is 14.3 Å². The van der Waals surface area contributed by atoms with Gasteiger partial charge < -0.3 is 4.74 Å². The first-order chi connectivity index (χ1) is 17.6. The summed E-state index contributed by atoms with van der Waals surface area (Å²) < 4.78 is 5.99. The minimum absolute atomic E-state index is 0.0121. The molecule has 0 amide bonds. The highest BCUT2D eigenvalue weighted by atomic mass is 16.5. The van der Waals surface area contributed by atoms with Gasteiger partial charge in [-0.15, -0.1) is 0 Å². The fourth-order valence-corrected chi connectivity index (χ4v) is 9.10. The Balaban J connectivity index is 1.30. The van der Waals surface area contributed by atoms with Gasteiger partial charge in [0.1, 0.15) is 6.10 Å². The molecule has 37 heavy (non-hydrogen) atoms. The van der Waals surface area contributed by atoms with Crippen molar-refractivity contribution in [2.75, 3.05) is 0 Å². The zero-order chi connectivity index (χ0) is 26.4. The number of fused-ring (bicyclic) bond motifs is 4. The summed E-state index contributed by atoms with van der Waals surface area (Å²) in [5.74, 6) is 3.25. The molecule has 0 bridgehead atoms.